The Morgan fingerprint density at radius 2 is 0.765 bits per heavy atom. The number of aromatic nitrogens is 6. The van der Waals surface area contributed by atoms with Crippen LogP contribution in [-0.2, 0) is 5.41 Å². The zero-order valence-electron chi connectivity index (χ0n) is 37.5. The van der Waals surface area contributed by atoms with Crippen LogP contribution in [0, 0.1) is 0 Å². The van der Waals surface area contributed by atoms with E-state index in [1.807, 2.05) is 24.3 Å². The quantitative estimate of drug-likeness (QED) is 0.160. The van der Waals surface area contributed by atoms with E-state index in [-0.39, 0.29) is 5.41 Å². The molecule has 1 aliphatic carbocycles. The molecule has 0 fully saturated rings. The molecule has 0 atom stereocenters. The minimum atomic E-state index is -0.174. The molecule has 0 unspecified atom stereocenters. The second-order valence-electron chi connectivity index (χ2n) is 18.1. The van der Waals surface area contributed by atoms with Gasteiger partial charge in [-0.3, -0.25) is 4.57 Å². The lowest BCUT2D eigenvalue weighted by Gasteiger charge is -2.35. The molecular weight excluding hydrogens is 829 g/mol. The molecule has 320 valence electrons. The maximum absolute atomic E-state index is 5.52. The van der Waals surface area contributed by atoms with Gasteiger partial charge in [-0.2, -0.15) is 0 Å². The molecule has 0 saturated carbocycles. The highest BCUT2D eigenvalue weighted by Gasteiger charge is 2.34. The molecule has 1 aliphatic rings. The summed E-state index contributed by atoms with van der Waals surface area (Å²) >= 11 is 0. The van der Waals surface area contributed by atoms with E-state index < -0.39 is 0 Å². The average molecular weight is 871 g/mol. The molecule has 68 heavy (non-hydrogen) atoms. The second-order valence-corrected chi connectivity index (χ2v) is 18.1. The van der Waals surface area contributed by atoms with Crippen molar-refractivity contribution in [3.05, 3.63) is 230 Å². The lowest BCUT2D eigenvalue weighted by atomic mass is 9.69. The highest BCUT2D eigenvalue weighted by Crippen LogP contribution is 2.49. The Labute approximate surface area is 394 Å². The van der Waals surface area contributed by atoms with Gasteiger partial charge in [0.05, 0.1) is 39.3 Å². The number of benzene rings is 8. The van der Waals surface area contributed by atoms with E-state index in [0.29, 0.717) is 11.6 Å². The fourth-order valence-corrected chi connectivity index (χ4v) is 10.3. The van der Waals surface area contributed by atoms with Crippen LogP contribution in [0.25, 0.3) is 117 Å². The SMILES string of the molecule is CC1(C)c2ccccc2-c2cc(-n3c4ccc(-c5nc(-c6ccccc6)cc(-c6ccccc6)n5)cc4c4cc(-c5nc(-c6ccccc6)cc(-c6ccccc6)n5)ccc43)nc3cccc1c23. The van der Waals surface area contributed by atoms with Crippen molar-refractivity contribution in [3.8, 4) is 84.7 Å². The molecule has 0 aliphatic heterocycles. The molecule has 13 rings (SSSR count). The normalized spacial score (nSPS) is 12.7. The highest BCUT2D eigenvalue weighted by atomic mass is 15.1. The first-order valence-electron chi connectivity index (χ1n) is 23.1. The van der Waals surface area contributed by atoms with Crippen molar-refractivity contribution in [1.82, 2.24) is 29.5 Å². The van der Waals surface area contributed by atoms with Crippen LogP contribution >= 0.6 is 0 Å². The van der Waals surface area contributed by atoms with Crippen LogP contribution in [0.15, 0.2) is 218 Å². The summed E-state index contributed by atoms with van der Waals surface area (Å²) in [4.78, 5) is 26.5. The van der Waals surface area contributed by atoms with E-state index in [1.54, 1.807) is 0 Å². The van der Waals surface area contributed by atoms with Crippen LogP contribution in [0.3, 0.4) is 0 Å². The summed E-state index contributed by atoms with van der Waals surface area (Å²) in [7, 11) is 0. The van der Waals surface area contributed by atoms with Crippen LogP contribution in [0.5, 0.6) is 0 Å². The van der Waals surface area contributed by atoms with Crippen molar-refractivity contribution in [2.24, 2.45) is 0 Å². The molecule has 0 spiro atoms. The van der Waals surface area contributed by atoms with Gasteiger partial charge in [-0.15, -0.1) is 0 Å². The van der Waals surface area contributed by atoms with Crippen molar-refractivity contribution < 1.29 is 0 Å². The summed E-state index contributed by atoms with van der Waals surface area (Å²) in [5, 5.41) is 3.30. The van der Waals surface area contributed by atoms with Gasteiger partial charge in [0.25, 0.3) is 0 Å². The van der Waals surface area contributed by atoms with E-state index in [4.69, 9.17) is 24.9 Å². The summed E-state index contributed by atoms with van der Waals surface area (Å²) in [5.41, 5.74) is 17.3. The number of rotatable bonds is 7. The Kier molecular flexibility index (Phi) is 9.08. The number of fused-ring (bicyclic) bond motifs is 5. The Hall–Kier alpha value is -8.87. The number of hydrogen-bond donors (Lipinski definition) is 0. The number of hydrogen-bond acceptors (Lipinski definition) is 5. The largest absolute Gasteiger partial charge is 0.294 e. The average Bonchev–Trinajstić information content (AvgIpc) is 3.74. The summed E-state index contributed by atoms with van der Waals surface area (Å²) in [5.74, 6) is 2.15. The fraction of sp³-hybridized carbons (Fsp3) is 0.0484. The third-order valence-electron chi connectivity index (χ3n) is 13.6. The van der Waals surface area contributed by atoms with Gasteiger partial charge < -0.3 is 0 Å². The molecule has 6 nitrogen and oxygen atoms in total. The third-order valence-corrected chi connectivity index (χ3v) is 13.6. The topological polar surface area (TPSA) is 69.4 Å². The van der Waals surface area contributed by atoms with Crippen molar-refractivity contribution in [3.63, 3.8) is 0 Å². The zero-order valence-corrected chi connectivity index (χ0v) is 37.5. The van der Waals surface area contributed by atoms with Crippen LogP contribution < -0.4 is 0 Å². The maximum atomic E-state index is 5.52. The standard InChI is InChI=1S/C62H42N6/c1-62(2)49-27-16-15-26-45(49)48-36-58(63-51-29-17-28-50(62)59(48)51)68-56-32-30-43(60-64-52(39-18-7-3-8-19-39)37-53(65-60)40-20-9-4-10-21-40)34-46(56)47-35-44(31-33-57(47)68)61-66-54(41-22-11-5-12-23-41)38-55(67-61)42-24-13-6-14-25-42/h3-38H,1-2H3. The number of nitrogens with zero attached hydrogens (tertiary/aromatic N) is 6. The molecule has 4 aromatic heterocycles. The predicted molar refractivity (Wildman–Crippen MR) is 277 cm³/mol. The lowest BCUT2D eigenvalue weighted by Crippen LogP contribution is -2.23. The minimum Gasteiger partial charge on any atom is -0.294 e. The predicted octanol–water partition coefficient (Wildman–Crippen LogP) is 15.2. The van der Waals surface area contributed by atoms with Crippen molar-refractivity contribution >= 4 is 32.7 Å². The van der Waals surface area contributed by atoms with Gasteiger partial charge in [0.15, 0.2) is 11.6 Å². The van der Waals surface area contributed by atoms with Gasteiger partial charge in [0.2, 0.25) is 0 Å². The van der Waals surface area contributed by atoms with Crippen LogP contribution in [0.4, 0.5) is 0 Å². The first-order valence-corrected chi connectivity index (χ1v) is 23.1. The molecule has 0 bridgehead atoms. The van der Waals surface area contributed by atoms with Gasteiger partial charge in [0, 0.05) is 55.0 Å². The van der Waals surface area contributed by atoms with Gasteiger partial charge in [-0.25, -0.2) is 24.9 Å². The van der Waals surface area contributed by atoms with Gasteiger partial charge in [0.1, 0.15) is 5.82 Å². The first-order chi connectivity index (χ1) is 33.4. The molecule has 8 aromatic carbocycles. The lowest BCUT2D eigenvalue weighted by molar-refractivity contribution is 0.645. The van der Waals surface area contributed by atoms with Crippen LogP contribution in [0.1, 0.15) is 25.0 Å². The molecule has 0 amide bonds. The molecular formula is C62H42N6. The van der Waals surface area contributed by atoms with E-state index >= 15 is 0 Å². The minimum absolute atomic E-state index is 0.174. The summed E-state index contributed by atoms with van der Waals surface area (Å²) in [6.45, 7) is 4.65. The molecule has 4 heterocycles. The van der Waals surface area contributed by atoms with Gasteiger partial charge in [-0.05, 0) is 82.9 Å². The Balaban J connectivity index is 1.07. The Morgan fingerprint density at radius 3 is 1.24 bits per heavy atom. The maximum Gasteiger partial charge on any atom is 0.160 e. The molecule has 12 aromatic rings. The monoisotopic (exact) mass is 870 g/mol. The van der Waals surface area contributed by atoms with Crippen molar-refractivity contribution in [2.45, 2.75) is 19.3 Å². The van der Waals surface area contributed by atoms with E-state index in [1.165, 1.54) is 27.6 Å². The second kappa shape index (κ2) is 15.6. The first kappa shape index (κ1) is 39.5. The summed E-state index contributed by atoms with van der Waals surface area (Å²) < 4.78 is 2.32. The van der Waals surface area contributed by atoms with E-state index in [2.05, 4.69) is 213 Å². The fourth-order valence-electron chi connectivity index (χ4n) is 10.3. The molecule has 0 N–H and O–H groups in total. The van der Waals surface area contributed by atoms with E-state index in [9.17, 15) is 0 Å². The molecule has 0 saturated heterocycles. The van der Waals surface area contributed by atoms with Gasteiger partial charge >= 0.3 is 0 Å². The van der Waals surface area contributed by atoms with Crippen molar-refractivity contribution in [2.75, 3.05) is 0 Å². The smallest absolute Gasteiger partial charge is 0.160 e. The summed E-state index contributed by atoms with van der Waals surface area (Å²) in [6, 6.07) is 76.4. The van der Waals surface area contributed by atoms with Crippen LogP contribution in [0.2, 0.25) is 0 Å². The molecule has 0 radical (unpaired) electrons. The number of pyridine rings is 1. The highest BCUT2D eigenvalue weighted by molar-refractivity contribution is 6.12. The van der Waals surface area contributed by atoms with E-state index in [0.717, 1.165) is 89.3 Å². The van der Waals surface area contributed by atoms with Gasteiger partial charge in [-0.1, -0.05) is 172 Å². The van der Waals surface area contributed by atoms with Crippen LogP contribution in [-0.4, -0.2) is 29.5 Å². The van der Waals surface area contributed by atoms with Crippen molar-refractivity contribution in [1.29, 1.82) is 0 Å². The molecule has 6 heteroatoms. The Morgan fingerprint density at radius 1 is 0.338 bits per heavy atom. The third kappa shape index (κ3) is 6.52. The summed E-state index contributed by atoms with van der Waals surface area (Å²) in [6.07, 6.45) is 0. The Bertz CT molecular complexity index is 3620. The zero-order chi connectivity index (χ0) is 45.3.